The van der Waals surface area contributed by atoms with Gasteiger partial charge in [0.25, 0.3) is 0 Å². The van der Waals surface area contributed by atoms with Crippen LogP contribution in [0.2, 0.25) is 0 Å². The Kier molecular flexibility index (Phi) is 6.96. The molecule has 0 saturated carbocycles. The highest BCUT2D eigenvalue weighted by atomic mass is 19.4. The van der Waals surface area contributed by atoms with E-state index in [-0.39, 0.29) is 12.5 Å². The van der Waals surface area contributed by atoms with Gasteiger partial charge in [0.2, 0.25) is 17.8 Å². The molecule has 0 aliphatic rings. The number of nitrogens with one attached hydrogen (secondary N) is 3. The van der Waals surface area contributed by atoms with Crippen molar-refractivity contribution in [3.63, 3.8) is 0 Å². The van der Waals surface area contributed by atoms with Crippen molar-refractivity contribution in [1.82, 2.24) is 19.9 Å². The number of rotatable bonds is 9. The van der Waals surface area contributed by atoms with Crippen LogP contribution in [-0.2, 0) is 19.3 Å². The van der Waals surface area contributed by atoms with Gasteiger partial charge in [0.05, 0.1) is 17.8 Å². The van der Waals surface area contributed by atoms with E-state index in [0.29, 0.717) is 37.1 Å². The molecule has 0 bridgehead atoms. The van der Waals surface area contributed by atoms with Crippen LogP contribution in [0.15, 0.2) is 48.7 Å². The Labute approximate surface area is 171 Å². The molecule has 2 heterocycles. The molecule has 11 heteroatoms. The third-order valence-corrected chi connectivity index (χ3v) is 3.92. The van der Waals surface area contributed by atoms with Gasteiger partial charge in [-0.2, -0.15) is 28.1 Å². The first-order valence-corrected chi connectivity index (χ1v) is 9.18. The van der Waals surface area contributed by atoms with E-state index in [1.807, 2.05) is 18.2 Å². The van der Waals surface area contributed by atoms with E-state index in [0.717, 1.165) is 17.8 Å². The van der Waals surface area contributed by atoms with Crippen LogP contribution < -0.4 is 21.7 Å². The first-order valence-electron chi connectivity index (χ1n) is 9.18. The largest absolute Gasteiger partial charge is 0.416 e. The quantitative estimate of drug-likeness (QED) is 0.420. The maximum atomic E-state index is 12.9. The SMILES string of the molecule is NCCNc1nc(NCc2cccc(C(F)(F)F)c2)nc(NCc2ccccn2)n1. The zero-order chi connectivity index (χ0) is 21.4. The molecule has 0 aliphatic carbocycles. The van der Waals surface area contributed by atoms with Crippen LogP contribution in [0.1, 0.15) is 16.8 Å². The summed E-state index contributed by atoms with van der Waals surface area (Å²) in [5, 5.41) is 8.97. The van der Waals surface area contributed by atoms with Crippen molar-refractivity contribution in [2.45, 2.75) is 19.3 Å². The Morgan fingerprint density at radius 2 is 1.53 bits per heavy atom. The van der Waals surface area contributed by atoms with Gasteiger partial charge in [-0.3, -0.25) is 4.98 Å². The van der Waals surface area contributed by atoms with Crippen molar-refractivity contribution < 1.29 is 13.2 Å². The molecule has 0 unspecified atom stereocenters. The van der Waals surface area contributed by atoms with Crippen molar-refractivity contribution in [2.24, 2.45) is 5.73 Å². The average Bonchev–Trinajstić information content (AvgIpc) is 2.75. The zero-order valence-corrected chi connectivity index (χ0v) is 15.9. The van der Waals surface area contributed by atoms with Crippen LogP contribution >= 0.6 is 0 Å². The molecule has 30 heavy (non-hydrogen) atoms. The predicted octanol–water partition coefficient (Wildman–Crippen LogP) is 2.88. The molecule has 0 aliphatic heterocycles. The molecule has 0 atom stereocenters. The number of nitrogens with two attached hydrogens (primary N) is 1. The molecule has 0 saturated heterocycles. The zero-order valence-electron chi connectivity index (χ0n) is 15.9. The number of halogens is 3. The summed E-state index contributed by atoms with van der Waals surface area (Å²) in [5.74, 6) is 0.803. The Morgan fingerprint density at radius 1 is 0.833 bits per heavy atom. The molecule has 0 spiro atoms. The monoisotopic (exact) mass is 418 g/mol. The highest BCUT2D eigenvalue weighted by molar-refractivity contribution is 5.43. The first-order chi connectivity index (χ1) is 14.4. The minimum Gasteiger partial charge on any atom is -0.353 e. The molecular weight excluding hydrogens is 397 g/mol. The summed E-state index contributed by atoms with van der Waals surface area (Å²) < 4.78 is 38.7. The standard InChI is InChI=1S/C19H21F3N8/c20-19(21,22)14-5-3-4-13(10-14)11-26-17-28-16(25-9-7-23)29-18(30-17)27-12-15-6-1-2-8-24-15/h1-6,8,10H,7,9,11-12,23H2,(H3,25,26,27,28,29,30). The second-order valence-electron chi connectivity index (χ2n) is 6.25. The molecule has 0 fully saturated rings. The predicted molar refractivity (Wildman–Crippen MR) is 108 cm³/mol. The molecule has 3 aromatic rings. The smallest absolute Gasteiger partial charge is 0.353 e. The fraction of sp³-hybridized carbons (Fsp3) is 0.263. The van der Waals surface area contributed by atoms with E-state index in [1.165, 1.54) is 6.07 Å². The molecule has 158 valence electrons. The Morgan fingerprint density at radius 3 is 2.17 bits per heavy atom. The third kappa shape index (κ3) is 6.27. The molecule has 2 aromatic heterocycles. The first kappa shape index (κ1) is 21.2. The Bertz CT molecular complexity index is 950. The highest BCUT2D eigenvalue weighted by Crippen LogP contribution is 2.29. The van der Waals surface area contributed by atoms with Gasteiger partial charge in [0.15, 0.2) is 0 Å². The van der Waals surface area contributed by atoms with Crippen LogP contribution in [0.3, 0.4) is 0 Å². The van der Waals surface area contributed by atoms with Crippen molar-refractivity contribution in [3.05, 3.63) is 65.5 Å². The number of anilines is 3. The van der Waals surface area contributed by atoms with E-state index in [2.05, 4.69) is 35.9 Å². The molecular formula is C19H21F3N8. The van der Waals surface area contributed by atoms with E-state index in [9.17, 15) is 13.2 Å². The summed E-state index contributed by atoms with van der Waals surface area (Å²) in [6.45, 7) is 1.35. The Hall–Kier alpha value is -3.47. The van der Waals surface area contributed by atoms with E-state index < -0.39 is 11.7 Å². The summed E-state index contributed by atoms with van der Waals surface area (Å²) in [4.78, 5) is 17.0. The molecule has 8 nitrogen and oxygen atoms in total. The van der Waals surface area contributed by atoms with Gasteiger partial charge in [-0.05, 0) is 29.8 Å². The lowest BCUT2D eigenvalue weighted by molar-refractivity contribution is -0.137. The highest BCUT2D eigenvalue weighted by Gasteiger charge is 2.30. The molecule has 3 rings (SSSR count). The van der Waals surface area contributed by atoms with Crippen LogP contribution in [-0.4, -0.2) is 33.0 Å². The fourth-order valence-electron chi connectivity index (χ4n) is 2.51. The topological polar surface area (TPSA) is 114 Å². The Balaban J connectivity index is 1.72. The maximum absolute atomic E-state index is 12.9. The normalized spacial score (nSPS) is 11.2. The maximum Gasteiger partial charge on any atom is 0.416 e. The number of aromatic nitrogens is 4. The second kappa shape index (κ2) is 9.83. The van der Waals surface area contributed by atoms with Crippen LogP contribution in [0.5, 0.6) is 0 Å². The van der Waals surface area contributed by atoms with E-state index >= 15 is 0 Å². The van der Waals surface area contributed by atoms with Gasteiger partial charge in [-0.1, -0.05) is 18.2 Å². The van der Waals surface area contributed by atoms with Crippen LogP contribution in [0.4, 0.5) is 31.0 Å². The van der Waals surface area contributed by atoms with Crippen molar-refractivity contribution in [3.8, 4) is 0 Å². The van der Waals surface area contributed by atoms with Gasteiger partial charge in [-0.15, -0.1) is 0 Å². The second-order valence-corrected chi connectivity index (χ2v) is 6.25. The number of hydrogen-bond donors (Lipinski definition) is 4. The summed E-state index contributed by atoms with van der Waals surface area (Å²) in [6.07, 6.45) is -2.72. The minimum absolute atomic E-state index is 0.115. The van der Waals surface area contributed by atoms with Gasteiger partial charge >= 0.3 is 6.18 Å². The van der Waals surface area contributed by atoms with Crippen molar-refractivity contribution >= 4 is 17.8 Å². The van der Waals surface area contributed by atoms with Gasteiger partial charge in [-0.25, -0.2) is 0 Å². The number of nitrogens with zero attached hydrogens (tertiary/aromatic N) is 4. The minimum atomic E-state index is -4.40. The molecule has 1 aromatic carbocycles. The summed E-state index contributed by atoms with van der Waals surface area (Å²) >= 11 is 0. The molecule has 0 radical (unpaired) electrons. The lowest BCUT2D eigenvalue weighted by Gasteiger charge is -2.12. The van der Waals surface area contributed by atoms with Crippen LogP contribution in [0, 0.1) is 0 Å². The molecule has 0 amide bonds. The summed E-state index contributed by atoms with van der Waals surface area (Å²) in [6, 6.07) is 10.6. The summed E-state index contributed by atoms with van der Waals surface area (Å²) in [7, 11) is 0. The van der Waals surface area contributed by atoms with Gasteiger partial charge in [0.1, 0.15) is 0 Å². The number of benzene rings is 1. The van der Waals surface area contributed by atoms with Gasteiger partial charge < -0.3 is 21.7 Å². The van der Waals surface area contributed by atoms with Crippen molar-refractivity contribution in [2.75, 3.05) is 29.0 Å². The van der Waals surface area contributed by atoms with E-state index in [4.69, 9.17) is 5.73 Å². The molecule has 5 N–H and O–H groups in total. The third-order valence-electron chi connectivity index (χ3n) is 3.92. The lowest BCUT2D eigenvalue weighted by Crippen LogP contribution is -2.17. The average molecular weight is 418 g/mol. The van der Waals surface area contributed by atoms with Crippen molar-refractivity contribution in [1.29, 1.82) is 0 Å². The lowest BCUT2D eigenvalue weighted by atomic mass is 10.1. The fourth-order valence-corrected chi connectivity index (χ4v) is 2.51. The number of hydrogen-bond acceptors (Lipinski definition) is 8. The summed E-state index contributed by atoms with van der Waals surface area (Å²) in [5.41, 5.74) is 6.05. The number of pyridine rings is 1. The number of alkyl halides is 3. The van der Waals surface area contributed by atoms with Crippen LogP contribution in [0.25, 0.3) is 0 Å². The van der Waals surface area contributed by atoms with E-state index in [1.54, 1.807) is 12.3 Å². The van der Waals surface area contributed by atoms with Gasteiger partial charge in [0, 0.05) is 25.8 Å².